The first-order valence-electron chi connectivity index (χ1n) is 9.18. The van der Waals surface area contributed by atoms with Gasteiger partial charge in [-0.1, -0.05) is 72.8 Å². The smallest absolute Gasteiger partial charge is 0.340 e. The average molecular weight is 386 g/mol. The molecule has 0 unspecified atom stereocenters. The van der Waals surface area contributed by atoms with Gasteiger partial charge < -0.3 is 14.6 Å². The van der Waals surface area contributed by atoms with Gasteiger partial charge in [0.25, 0.3) is 0 Å². The predicted octanol–water partition coefficient (Wildman–Crippen LogP) is 4.26. The Balaban J connectivity index is 1.43. The van der Waals surface area contributed by atoms with Crippen molar-refractivity contribution in [3.05, 3.63) is 84.9 Å². The van der Waals surface area contributed by atoms with Crippen molar-refractivity contribution in [1.82, 2.24) is 0 Å². The summed E-state index contributed by atoms with van der Waals surface area (Å²) in [4.78, 5) is 24.5. The van der Waals surface area contributed by atoms with Crippen LogP contribution in [0.1, 0.15) is 6.42 Å². The van der Waals surface area contributed by atoms with Crippen LogP contribution >= 0.6 is 0 Å². The molecule has 0 aliphatic rings. The summed E-state index contributed by atoms with van der Waals surface area (Å²) in [6.45, 7) is 0. The summed E-state index contributed by atoms with van der Waals surface area (Å²) >= 11 is 0. The number of hydrogen-bond donors (Lipinski definition) is 1. The Bertz CT molecular complexity index is 1190. The molecule has 0 fully saturated rings. The topological polar surface area (TPSA) is 72.8 Å². The van der Waals surface area contributed by atoms with Crippen molar-refractivity contribution in [2.24, 2.45) is 0 Å². The molecule has 4 aromatic rings. The van der Waals surface area contributed by atoms with Crippen LogP contribution in [-0.4, -0.2) is 23.1 Å². The number of hydrogen-bond acceptors (Lipinski definition) is 5. The van der Waals surface area contributed by atoms with Crippen LogP contribution in [-0.2, 0) is 9.59 Å². The van der Waals surface area contributed by atoms with Crippen molar-refractivity contribution in [3.8, 4) is 11.5 Å². The van der Waals surface area contributed by atoms with Gasteiger partial charge in [0.2, 0.25) is 0 Å². The van der Waals surface area contributed by atoms with Crippen LogP contribution in [0, 0.1) is 0 Å². The average Bonchev–Trinajstić information content (AvgIpc) is 2.74. The van der Waals surface area contributed by atoms with Gasteiger partial charge in [0.1, 0.15) is 11.5 Å². The van der Waals surface area contributed by atoms with Gasteiger partial charge in [-0.15, -0.1) is 0 Å². The molecule has 5 heteroatoms. The number of aliphatic hydroxyl groups is 1. The number of fused-ring (bicyclic) bond motifs is 2. The molecule has 0 spiro atoms. The molecule has 0 amide bonds. The molecule has 1 atom stereocenters. The summed E-state index contributed by atoms with van der Waals surface area (Å²) in [5, 5.41) is 13.5. The van der Waals surface area contributed by atoms with Crippen molar-refractivity contribution in [3.63, 3.8) is 0 Å². The standard InChI is InChI=1S/C24H18O5/c25-20(24(27)29-22-14-6-10-17-8-2-4-12-19(17)22)15-23(26)28-21-13-5-9-16-7-1-3-11-18(16)21/h1-14,20,25H,15H2/t20-/m0/s1. The second-order valence-electron chi connectivity index (χ2n) is 6.57. The molecule has 0 aromatic heterocycles. The van der Waals surface area contributed by atoms with Crippen LogP contribution in [0.5, 0.6) is 11.5 Å². The van der Waals surface area contributed by atoms with Crippen molar-refractivity contribution in [2.45, 2.75) is 12.5 Å². The summed E-state index contributed by atoms with van der Waals surface area (Å²) in [7, 11) is 0. The first kappa shape index (κ1) is 18.7. The molecule has 4 rings (SSSR count). The van der Waals surface area contributed by atoms with Crippen LogP contribution < -0.4 is 9.47 Å². The van der Waals surface area contributed by atoms with Gasteiger partial charge in [-0.25, -0.2) is 4.79 Å². The lowest BCUT2D eigenvalue weighted by molar-refractivity contribution is -0.149. The van der Waals surface area contributed by atoms with Crippen LogP contribution in [0.25, 0.3) is 21.5 Å². The second-order valence-corrected chi connectivity index (χ2v) is 6.57. The van der Waals surface area contributed by atoms with E-state index in [-0.39, 0.29) is 0 Å². The van der Waals surface area contributed by atoms with Gasteiger partial charge in [0.05, 0.1) is 6.42 Å². The van der Waals surface area contributed by atoms with Crippen LogP contribution in [0.4, 0.5) is 0 Å². The second kappa shape index (κ2) is 8.12. The molecule has 0 bridgehead atoms. The van der Waals surface area contributed by atoms with E-state index in [2.05, 4.69) is 0 Å². The van der Waals surface area contributed by atoms with Gasteiger partial charge in [0, 0.05) is 10.8 Å². The zero-order chi connectivity index (χ0) is 20.2. The van der Waals surface area contributed by atoms with E-state index in [1.807, 2.05) is 60.7 Å². The zero-order valence-corrected chi connectivity index (χ0v) is 15.4. The van der Waals surface area contributed by atoms with Gasteiger partial charge in [-0.2, -0.15) is 0 Å². The lowest BCUT2D eigenvalue weighted by Gasteiger charge is -2.12. The highest BCUT2D eigenvalue weighted by Crippen LogP contribution is 2.27. The van der Waals surface area contributed by atoms with E-state index in [1.54, 1.807) is 24.3 Å². The van der Waals surface area contributed by atoms with E-state index in [4.69, 9.17) is 9.47 Å². The Hall–Kier alpha value is -3.70. The molecule has 0 aliphatic carbocycles. The first-order chi connectivity index (χ1) is 14.1. The minimum absolute atomic E-state index is 0.328. The minimum atomic E-state index is -1.63. The normalized spacial score (nSPS) is 11.9. The number of carbonyl (C=O) groups excluding carboxylic acids is 2. The lowest BCUT2D eigenvalue weighted by Crippen LogP contribution is -2.29. The molecule has 0 heterocycles. The molecule has 0 saturated heterocycles. The molecule has 0 radical (unpaired) electrons. The maximum absolute atomic E-state index is 12.3. The van der Waals surface area contributed by atoms with Crippen molar-refractivity contribution < 1.29 is 24.2 Å². The molecule has 0 saturated carbocycles. The van der Waals surface area contributed by atoms with E-state index in [1.165, 1.54) is 0 Å². The summed E-state index contributed by atoms with van der Waals surface area (Å²) in [6, 6.07) is 25.5. The molecule has 144 valence electrons. The Morgan fingerprint density at radius 2 is 1.17 bits per heavy atom. The highest BCUT2D eigenvalue weighted by molar-refractivity contribution is 5.93. The summed E-state index contributed by atoms with van der Waals surface area (Å²) < 4.78 is 10.7. The number of benzene rings is 4. The lowest BCUT2D eigenvalue weighted by atomic mass is 10.1. The van der Waals surface area contributed by atoms with Crippen LogP contribution in [0.3, 0.4) is 0 Å². The quantitative estimate of drug-likeness (QED) is 0.410. The SMILES string of the molecule is O=C(C[C@H](O)C(=O)Oc1cccc2ccccc12)Oc1cccc2ccccc12. The minimum Gasteiger partial charge on any atom is -0.426 e. The molecule has 29 heavy (non-hydrogen) atoms. The number of esters is 2. The van der Waals surface area contributed by atoms with E-state index in [0.717, 1.165) is 21.5 Å². The Morgan fingerprint density at radius 1 is 0.690 bits per heavy atom. The van der Waals surface area contributed by atoms with Gasteiger partial charge in [-0.05, 0) is 22.9 Å². The molecule has 0 aliphatic heterocycles. The van der Waals surface area contributed by atoms with E-state index < -0.39 is 24.5 Å². The Labute approximate surface area is 167 Å². The molecular formula is C24H18O5. The summed E-state index contributed by atoms with van der Waals surface area (Å²) in [5.41, 5.74) is 0. The summed E-state index contributed by atoms with van der Waals surface area (Å²) in [6.07, 6.45) is -2.14. The Morgan fingerprint density at radius 3 is 1.76 bits per heavy atom. The largest absolute Gasteiger partial charge is 0.426 e. The fourth-order valence-electron chi connectivity index (χ4n) is 3.15. The van der Waals surface area contributed by atoms with Crippen molar-refractivity contribution in [1.29, 1.82) is 0 Å². The van der Waals surface area contributed by atoms with Gasteiger partial charge >= 0.3 is 11.9 Å². The fourth-order valence-corrected chi connectivity index (χ4v) is 3.15. The molecule has 4 aromatic carbocycles. The van der Waals surface area contributed by atoms with Crippen LogP contribution in [0.2, 0.25) is 0 Å². The Kier molecular flexibility index (Phi) is 5.22. The van der Waals surface area contributed by atoms with Gasteiger partial charge in [-0.3, -0.25) is 4.79 Å². The van der Waals surface area contributed by atoms with E-state index >= 15 is 0 Å². The van der Waals surface area contributed by atoms with Gasteiger partial charge in [0.15, 0.2) is 6.10 Å². The number of rotatable bonds is 5. The highest BCUT2D eigenvalue weighted by Gasteiger charge is 2.23. The van der Waals surface area contributed by atoms with E-state index in [0.29, 0.717) is 11.5 Å². The number of aliphatic hydroxyl groups excluding tert-OH is 1. The van der Waals surface area contributed by atoms with Crippen molar-refractivity contribution >= 4 is 33.5 Å². The maximum atomic E-state index is 12.3. The monoisotopic (exact) mass is 386 g/mol. The zero-order valence-electron chi connectivity index (χ0n) is 15.4. The fraction of sp³-hybridized carbons (Fsp3) is 0.0833. The van der Waals surface area contributed by atoms with E-state index in [9.17, 15) is 14.7 Å². The number of ether oxygens (including phenoxy) is 2. The third-order valence-electron chi connectivity index (χ3n) is 4.57. The first-order valence-corrected chi connectivity index (χ1v) is 9.18. The summed E-state index contributed by atoms with van der Waals surface area (Å²) in [5.74, 6) is -0.919. The predicted molar refractivity (Wildman–Crippen MR) is 110 cm³/mol. The molecule has 1 N–H and O–H groups in total. The van der Waals surface area contributed by atoms with Crippen LogP contribution in [0.15, 0.2) is 84.9 Å². The van der Waals surface area contributed by atoms with Crippen molar-refractivity contribution in [2.75, 3.05) is 0 Å². The molecular weight excluding hydrogens is 368 g/mol. The third-order valence-corrected chi connectivity index (χ3v) is 4.57. The maximum Gasteiger partial charge on any atom is 0.340 e. The highest BCUT2D eigenvalue weighted by atomic mass is 16.6. The molecule has 5 nitrogen and oxygen atoms in total. The third kappa shape index (κ3) is 4.10. The number of carbonyl (C=O) groups is 2.